The number of rotatable bonds is 5. The van der Waals surface area contributed by atoms with Gasteiger partial charge in [0.25, 0.3) is 0 Å². The molecule has 0 saturated heterocycles. The van der Waals surface area contributed by atoms with Crippen molar-refractivity contribution in [3.8, 4) is 5.75 Å². The Kier molecular flexibility index (Phi) is 6.35. The number of benzene rings is 2. The van der Waals surface area contributed by atoms with Crippen LogP contribution in [0.4, 0.5) is 10.5 Å². The Labute approximate surface area is 162 Å². The highest BCUT2D eigenvalue weighted by Crippen LogP contribution is 2.33. The first-order chi connectivity index (χ1) is 13.0. The molecular formula is C22H29N3O2. The Hall–Kier alpha value is -2.53. The molecule has 27 heavy (non-hydrogen) atoms. The number of fused-ring (bicyclic) bond motifs is 1. The van der Waals surface area contributed by atoms with Crippen LogP contribution >= 0.6 is 0 Å². The van der Waals surface area contributed by atoms with Crippen molar-refractivity contribution < 1.29 is 9.53 Å². The van der Waals surface area contributed by atoms with Crippen molar-refractivity contribution in [2.75, 3.05) is 45.7 Å². The number of likely N-dealkylation sites (N-methyl/N-ethyl adjacent to an activating group) is 2. The summed E-state index contributed by atoms with van der Waals surface area (Å²) in [4.78, 5) is 18.8. The molecule has 0 fully saturated rings. The number of nitrogens with zero attached hydrogens (tertiary/aromatic N) is 3. The number of para-hydroxylation sites is 2. The average Bonchev–Trinajstić information content (AvgIpc) is 2.85. The maximum absolute atomic E-state index is 13.1. The van der Waals surface area contributed by atoms with Crippen molar-refractivity contribution in [2.24, 2.45) is 0 Å². The molecule has 144 valence electrons. The Balaban J connectivity index is 1.76. The fraction of sp³-hybridized carbons (Fsp3) is 0.409. The van der Waals surface area contributed by atoms with Crippen LogP contribution in [0.1, 0.15) is 12.0 Å². The zero-order chi connectivity index (χ0) is 19.2. The second kappa shape index (κ2) is 8.91. The number of amides is 2. The summed E-state index contributed by atoms with van der Waals surface area (Å²) in [7, 11) is 5.89. The minimum atomic E-state index is 0.0215. The summed E-state index contributed by atoms with van der Waals surface area (Å²) in [5.74, 6) is 0.783. The molecule has 0 radical (unpaired) electrons. The maximum Gasteiger partial charge on any atom is 0.324 e. The lowest BCUT2D eigenvalue weighted by Crippen LogP contribution is -2.44. The molecule has 1 heterocycles. The van der Waals surface area contributed by atoms with E-state index in [0.717, 1.165) is 30.8 Å². The molecule has 0 aliphatic carbocycles. The van der Waals surface area contributed by atoms with E-state index in [-0.39, 0.29) is 12.1 Å². The van der Waals surface area contributed by atoms with Crippen LogP contribution in [0.5, 0.6) is 5.75 Å². The Morgan fingerprint density at radius 1 is 1.04 bits per heavy atom. The lowest BCUT2D eigenvalue weighted by molar-refractivity contribution is 0.198. The van der Waals surface area contributed by atoms with Gasteiger partial charge in [-0.15, -0.1) is 0 Å². The predicted molar refractivity (Wildman–Crippen MR) is 110 cm³/mol. The molecule has 0 saturated carbocycles. The van der Waals surface area contributed by atoms with E-state index in [1.54, 1.807) is 4.90 Å². The molecule has 1 aliphatic rings. The van der Waals surface area contributed by atoms with Crippen molar-refractivity contribution in [3.63, 3.8) is 0 Å². The van der Waals surface area contributed by atoms with E-state index in [1.165, 1.54) is 5.56 Å². The second-order valence-electron chi connectivity index (χ2n) is 7.35. The van der Waals surface area contributed by atoms with E-state index in [1.807, 2.05) is 56.4 Å². The number of carbonyl (C=O) groups is 1. The van der Waals surface area contributed by atoms with Crippen LogP contribution in [-0.2, 0) is 6.42 Å². The molecule has 0 aromatic heterocycles. The van der Waals surface area contributed by atoms with Gasteiger partial charge in [0.15, 0.2) is 0 Å². The number of anilines is 1. The molecule has 0 bridgehead atoms. The Morgan fingerprint density at radius 2 is 1.74 bits per heavy atom. The maximum atomic E-state index is 13.1. The monoisotopic (exact) mass is 367 g/mol. The smallest absolute Gasteiger partial charge is 0.324 e. The summed E-state index contributed by atoms with van der Waals surface area (Å²) >= 11 is 0. The van der Waals surface area contributed by atoms with Gasteiger partial charge in [-0.2, -0.15) is 0 Å². The normalized spacial score (nSPS) is 16.4. The molecule has 2 amide bonds. The number of urea groups is 1. The number of carbonyl (C=O) groups excluding carboxylic acids is 1. The molecule has 5 nitrogen and oxygen atoms in total. The summed E-state index contributed by atoms with van der Waals surface area (Å²) in [5.41, 5.74) is 2.11. The highest BCUT2D eigenvalue weighted by atomic mass is 16.5. The van der Waals surface area contributed by atoms with Crippen molar-refractivity contribution in [3.05, 3.63) is 60.2 Å². The van der Waals surface area contributed by atoms with Crippen molar-refractivity contribution >= 4 is 11.7 Å². The number of ether oxygens (including phenoxy) is 1. The minimum absolute atomic E-state index is 0.0215. The van der Waals surface area contributed by atoms with Crippen molar-refractivity contribution in [1.29, 1.82) is 0 Å². The first-order valence-electron chi connectivity index (χ1n) is 9.51. The highest BCUT2D eigenvalue weighted by molar-refractivity contribution is 5.93. The largest absolute Gasteiger partial charge is 0.488 e. The topological polar surface area (TPSA) is 36.0 Å². The summed E-state index contributed by atoms with van der Waals surface area (Å²) in [6.07, 6.45) is 1.70. The molecule has 2 aromatic carbocycles. The first kappa shape index (κ1) is 19.2. The van der Waals surface area contributed by atoms with Gasteiger partial charge in [-0.05, 0) is 31.8 Å². The van der Waals surface area contributed by atoms with E-state index in [4.69, 9.17) is 4.74 Å². The number of hydrogen-bond acceptors (Lipinski definition) is 3. The van der Waals surface area contributed by atoms with Crippen LogP contribution < -0.4 is 9.64 Å². The van der Waals surface area contributed by atoms with Gasteiger partial charge in [-0.25, -0.2) is 4.79 Å². The quantitative estimate of drug-likeness (QED) is 0.811. The van der Waals surface area contributed by atoms with Gasteiger partial charge in [0.05, 0.1) is 5.69 Å². The van der Waals surface area contributed by atoms with Crippen LogP contribution in [0.25, 0.3) is 0 Å². The molecule has 2 aromatic rings. The van der Waals surface area contributed by atoms with E-state index in [2.05, 4.69) is 29.2 Å². The average molecular weight is 367 g/mol. The zero-order valence-electron chi connectivity index (χ0n) is 16.5. The standard InChI is InChI=1S/C22H29N3O2/c1-23(2)15-16-24(3)22(26)25-14-13-19(17-18-9-5-4-6-10-18)27-21-12-8-7-11-20(21)25/h4-12,19H,13-17H2,1-3H3. The van der Waals surface area contributed by atoms with E-state index in [9.17, 15) is 4.79 Å². The summed E-state index contributed by atoms with van der Waals surface area (Å²) in [5, 5.41) is 0. The fourth-order valence-electron chi connectivity index (χ4n) is 3.28. The molecule has 0 spiro atoms. The fourth-order valence-corrected chi connectivity index (χ4v) is 3.28. The highest BCUT2D eigenvalue weighted by Gasteiger charge is 2.28. The molecule has 5 heteroatoms. The van der Waals surface area contributed by atoms with E-state index < -0.39 is 0 Å². The number of hydrogen-bond donors (Lipinski definition) is 0. The van der Waals surface area contributed by atoms with Crippen molar-refractivity contribution in [1.82, 2.24) is 9.80 Å². The Morgan fingerprint density at radius 3 is 2.48 bits per heavy atom. The predicted octanol–water partition coefficient (Wildman–Crippen LogP) is 3.50. The van der Waals surface area contributed by atoms with Crippen LogP contribution in [0.3, 0.4) is 0 Å². The molecule has 1 aliphatic heterocycles. The van der Waals surface area contributed by atoms with Crippen LogP contribution in [0.2, 0.25) is 0 Å². The lowest BCUT2D eigenvalue weighted by Gasteiger charge is -2.28. The lowest BCUT2D eigenvalue weighted by atomic mass is 10.1. The van der Waals surface area contributed by atoms with Crippen LogP contribution in [0, 0.1) is 0 Å². The van der Waals surface area contributed by atoms with E-state index in [0.29, 0.717) is 13.1 Å². The summed E-state index contributed by atoms with van der Waals surface area (Å²) in [6.45, 7) is 2.18. The molecule has 1 atom stereocenters. The van der Waals surface area contributed by atoms with Gasteiger partial charge >= 0.3 is 6.03 Å². The van der Waals surface area contributed by atoms with Gasteiger partial charge < -0.3 is 14.5 Å². The van der Waals surface area contributed by atoms with Gasteiger partial charge in [0, 0.05) is 39.5 Å². The van der Waals surface area contributed by atoms with Gasteiger partial charge in [0.2, 0.25) is 0 Å². The molecule has 1 unspecified atom stereocenters. The third kappa shape index (κ3) is 5.01. The second-order valence-corrected chi connectivity index (χ2v) is 7.35. The molecular weight excluding hydrogens is 338 g/mol. The van der Waals surface area contributed by atoms with Crippen LogP contribution in [0.15, 0.2) is 54.6 Å². The van der Waals surface area contributed by atoms with Crippen molar-refractivity contribution in [2.45, 2.75) is 18.9 Å². The molecule has 0 N–H and O–H groups in total. The third-order valence-electron chi connectivity index (χ3n) is 4.87. The summed E-state index contributed by atoms with van der Waals surface area (Å²) < 4.78 is 6.30. The zero-order valence-corrected chi connectivity index (χ0v) is 16.5. The Bertz CT molecular complexity index is 748. The van der Waals surface area contributed by atoms with Crippen LogP contribution in [-0.4, -0.2) is 62.7 Å². The van der Waals surface area contributed by atoms with E-state index >= 15 is 0 Å². The third-order valence-corrected chi connectivity index (χ3v) is 4.87. The summed E-state index contributed by atoms with van der Waals surface area (Å²) in [6, 6.07) is 18.2. The van der Waals surface area contributed by atoms with Gasteiger partial charge in [-0.1, -0.05) is 42.5 Å². The minimum Gasteiger partial charge on any atom is -0.488 e. The molecule has 3 rings (SSSR count). The van der Waals surface area contributed by atoms with Gasteiger partial charge in [0.1, 0.15) is 11.9 Å². The first-order valence-corrected chi connectivity index (χ1v) is 9.51. The SMILES string of the molecule is CN(C)CCN(C)C(=O)N1CCC(Cc2ccccc2)Oc2ccccc21. The van der Waals surface area contributed by atoms with Gasteiger partial charge in [-0.3, -0.25) is 4.90 Å².